The lowest BCUT2D eigenvalue weighted by Crippen LogP contribution is -2.19. The lowest BCUT2D eigenvalue weighted by molar-refractivity contribution is -0.120. The van der Waals surface area contributed by atoms with Crippen molar-refractivity contribution in [3.63, 3.8) is 0 Å². The highest BCUT2D eigenvalue weighted by atomic mass is 79.9. The normalized spacial score (nSPS) is 11.2. The number of carbonyl (C=O) groups excluding carboxylic acids is 1. The fourth-order valence-corrected chi connectivity index (χ4v) is 2.42. The number of anilines is 1. The predicted molar refractivity (Wildman–Crippen MR) is 97.4 cm³/mol. The summed E-state index contributed by atoms with van der Waals surface area (Å²) in [5.41, 5.74) is 1.74. The smallest absolute Gasteiger partial charge is 0.265 e. The van der Waals surface area contributed by atoms with E-state index in [2.05, 4.69) is 46.9 Å². The molecular weight excluding hydrogens is 402 g/mol. The van der Waals surface area contributed by atoms with Gasteiger partial charge in [-0.25, -0.2) is 9.67 Å². The maximum absolute atomic E-state index is 12.0. The number of nitrogens with one attached hydrogen (secondary N) is 1. The standard InChI is InChI=1S/C16H14BrN7O2/c1-24-16(20-22-23-24)14(11-6-3-2-4-7-11)21-26-10-13(25)19-12-8-5-9-18-15(12)17/h2-9H,10H2,1H3,(H,19,25)/b21-14-. The van der Waals surface area contributed by atoms with Crippen molar-refractivity contribution in [1.82, 2.24) is 25.2 Å². The molecule has 9 nitrogen and oxygen atoms in total. The molecule has 0 fully saturated rings. The Bertz CT molecular complexity index is 927. The molecule has 10 heteroatoms. The summed E-state index contributed by atoms with van der Waals surface area (Å²) >= 11 is 3.26. The molecule has 0 saturated heterocycles. The van der Waals surface area contributed by atoms with Gasteiger partial charge in [-0.15, -0.1) is 5.10 Å². The van der Waals surface area contributed by atoms with Gasteiger partial charge < -0.3 is 10.2 Å². The van der Waals surface area contributed by atoms with Gasteiger partial charge in [0.15, 0.2) is 12.3 Å². The number of hydrogen-bond donors (Lipinski definition) is 1. The summed E-state index contributed by atoms with van der Waals surface area (Å²) in [5.74, 6) is 0.0533. The third kappa shape index (κ3) is 4.28. The number of aryl methyl sites for hydroxylation is 1. The van der Waals surface area contributed by atoms with E-state index in [0.29, 0.717) is 21.8 Å². The predicted octanol–water partition coefficient (Wildman–Crippen LogP) is 1.78. The summed E-state index contributed by atoms with van der Waals surface area (Å²) in [5, 5.41) is 18.1. The summed E-state index contributed by atoms with van der Waals surface area (Å²) in [6.45, 7) is -0.275. The van der Waals surface area contributed by atoms with Crippen LogP contribution in [0.3, 0.4) is 0 Å². The van der Waals surface area contributed by atoms with E-state index in [9.17, 15) is 4.79 Å². The van der Waals surface area contributed by atoms with Gasteiger partial charge in [0.05, 0.1) is 5.69 Å². The number of hydrogen-bond acceptors (Lipinski definition) is 7. The number of rotatable bonds is 6. The van der Waals surface area contributed by atoms with Crippen LogP contribution >= 0.6 is 15.9 Å². The molecule has 1 aromatic carbocycles. The molecule has 2 heterocycles. The van der Waals surface area contributed by atoms with Crippen LogP contribution in [-0.4, -0.2) is 43.4 Å². The van der Waals surface area contributed by atoms with E-state index >= 15 is 0 Å². The molecular formula is C16H14BrN7O2. The van der Waals surface area contributed by atoms with E-state index in [1.54, 1.807) is 25.4 Å². The van der Waals surface area contributed by atoms with E-state index in [-0.39, 0.29) is 12.5 Å². The van der Waals surface area contributed by atoms with Gasteiger partial charge in [-0.3, -0.25) is 4.79 Å². The van der Waals surface area contributed by atoms with Crippen LogP contribution in [-0.2, 0) is 16.7 Å². The number of pyridine rings is 1. The number of halogens is 1. The maximum Gasteiger partial charge on any atom is 0.265 e. The number of tetrazole rings is 1. The molecule has 0 saturated carbocycles. The Hall–Kier alpha value is -3.14. The molecule has 0 aliphatic carbocycles. The van der Waals surface area contributed by atoms with Crippen molar-refractivity contribution in [3.05, 3.63) is 64.7 Å². The molecule has 0 unspecified atom stereocenters. The fourth-order valence-electron chi connectivity index (χ4n) is 2.07. The Balaban J connectivity index is 1.72. The molecule has 0 aliphatic rings. The minimum atomic E-state index is -0.369. The van der Waals surface area contributed by atoms with Crippen molar-refractivity contribution in [3.8, 4) is 0 Å². The van der Waals surface area contributed by atoms with E-state index in [0.717, 1.165) is 5.56 Å². The lowest BCUT2D eigenvalue weighted by atomic mass is 10.1. The van der Waals surface area contributed by atoms with Crippen LogP contribution in [0.25, 0.3) is 0 Å². The summed E-state index contributed by atoms with van der Waals surface area (Å²) in [4.78, 5) is 21.3. The number of aromatic nitrogens is 5. The van der Waals surface area contributed by atoms with Crippen LogP contribution in [0.5, 0.6) is 0 Å². The van der Waals surface area contributed by atoms with Gasteiger partial charge in [0.25, 0.3) is 5.91 Å². The van der Waals surface area contributed by atoms with Crippen LogP contribution < -0.4 is 5.32 Å². The molecule has 2 aromatic heterocycles. The maximum atomic E-state index is 12.0. The second-order valence-corrected chi connectivity index (χ2v) is 5.85. The van der Waals surface area contributed by atoms with E-state index in [4.69, 9.17) is 4.84 Å². The minimum absolute atomic E-state index is 0.275. The summed E-state index contributed by atoms with van der Waals surface area (Å²) < 4.78 is 2.01. The highest BCUT2D eigenvalue weighted by Gasteiger charge is 2.15. The van der Waals surface area contributed by atoms with E-state index < -0.39 is 0 Å². The first-order chi connectivity index (χ1) is 12.6. The average Bonchev–Trinajstić information content (AvgIpc) is 3.07. The van der Waals surface area contributed by atoms with Crippen molar-refractivity contribution in [2.75, 3.05) is 11.9 Å². The third-order valence-corrected chi connectivity index (χ3v) is 3.90. The second kappa shape index (κ2) is 8.30. The number of benzene rings is 1. The Labute approximate surface area is 157 Å². The SMILES string of the molecule is Cn1nnnc1/C(=N\OCC(=O)Nc1cccnc1Br)c1ccccc1. The number of nitrogens with zero attached hydrogens (tertiary/aromatic N) is 6. The quantitative estimate of drug-likeness (QED) is 0.373. The summed E-state index contributed by atoms with van der Waals surface area (Å²) in [6, 6.07) is 12.7. The molecule has 0 radical (unpaired) electrons. The highest BCUT2D eigenvalue weighted by Crippen LogP contribution is 2.18. The number of oxime groups is 1. The molecule has 0 atom stereocenters. The van der Waals surface area contributed by atoms with Gasteiger partial charge in [-0.05, 0) is 38.5 Å². The van der Waals surface area contributed by atoms with E-state index in [1.165, 1.54) is 4.68 Å². The van der Waals surface area contributed by atoms with Crippen molar-refractivity contribution >= 4 is 33.2 Å². The molecule has 0 bridgehead atoms. The van der Waals surface area contributed by atoms with Crippen molar-refractivity contribution in [2.24, 2.45) is 12.2 Å². The average molecular weight is 416 g/mol. The molecule has 132 valence electrons. The number of carbonyl (C=O) groups is 1. The Morgan fingerprint density at radius 2 is 2.08 bits per heavy atom. The molecule has 1 amide bonds. The molecule has 0 aliphatic heterocycles. The zero-order chi connectivity index (χ0) is 18.4. The lowest BCUT2D eigenvalue weighted by Gasteiger charge is -2.07. The third-order valence-electron chi connectivity index (χ3n) is 3.26. The van der Waals surface area contributed by atoms with Crippen LogP contribution in [0, 0.1) is 0 Å². The van der Waals surface area contributed by atoms with Crippen molar-refractivity contribution in [2.45, 2.75) is 0 Å². The fraction of sp³-hybridized carbons (Fsp3) is 0.125. The summed E-state index contributed by atoms with van der Waals surface area (Å²) in [6.07, 6.45) is 1.61. The second-order valence-electron chi connectivity index (χ2n) is 5.10. The van der Waals surface area contributed by atoms with Crippen LogP contribution in [0.1, 0.15) is 11.4 Å². The first-order valence-corrected chi connectivity index (χ1v) is 8.33. The molecule has 3 rings (SSSR count). The van der Waals surface area contributed by atoms with Crippen molar-refractivity contribution < 1.29 is 9.63 Å². The van der Waals surface area contributed by atoms with Crippen LogP contribution in [0.4, 0.5) is 5.69 Å². The van der Waals surface area contributed by atoms with Gasteiger partial charge in [0.1, 0.15) is 4.60 Å². The van der Waals surface area contributed by atoms with Crippen molar-refractivity contribution in [1.29, 1.82) is 0 Å². The van der Waals surface area contributed by atoms with Gasteiger partial charge in [-0.2, -0.15) is 0 Å². The van der Waals surface area contributed by atoms with Gasteiger partial charge in [-0.1, -0.05) is 35.5 Å². The monoisotopic (exact) mass is 415 g/mol. The molecule has 1 N–H and O–H groups in total. The van der Waals surface area contributed by atoms with Gasteiger partial charge >= 0.3 is 0 Å². The van der Waals surface area contributed by atoms with Crippen LogP contribution in [0.2, 0.25) is 0 Å². The zero-order valence-corrected chi connectivity index (χ0v) is 15.3. The molecule has 26 heavy (non-hydrogen) atoms. The first-order valence-electron chi connectivity index (χ1n) is 7.53. The highest BCUT2D eigenvalue weighted by molar-refractivity contribution is 9.10. The van der Waals surface area contributed by atoms with Gasteiger partial charge in [0.2, 0.25) is 5.82 Å². The van der Waals surface area contributed by atoms with Gasteiger partial charge in [0, 0.05) is 18.8 Å². The summed E-state index contributed by atoms with van der Waals surface area (Å²) in [7, 11) is 1.69. The largest absolute Gasteiger partial charge is 0.385 e. The van der Waals surface area contributed by atoms with E-state index in [1.807, 2.05) is 30.3 Å². The van der Waals surface area contributed by atoms with Crippen LogP contribution in [0.15, 0.2) is 58.4 Å². The minimum Gasteiger partial charge on any atom is -0.385 e. The first kappa shape index (κ1) is 17.7. The molecule has 3 aromatic rings. The number of amides is 1. The molecule has 0 spiro atoms. The Morgan fingerprint density at radius 1 is 1.27 bits per heavy atom. The Kier molecular flexibility index (Phi) is 5.64. The topological polar surface area (TPSA) is 107 Å². The zero-order valence-electron chi connectivity index (χ0n) is 13.7. The Morgan fingerprint density at radius 3 is 2.77 bits per heavy atom.